The zero-order valence-electron chi connectivity index (χ0n) is 16.4. The number of benzene rings is 1. The van der Waals surface area contributed by atoms with Gasteiger partial charge in [0.05, 0.1) is 21.8 Å². The molecule has 1 aromatic carbocycles. The second-order valence-electron chi connectivity index (χ2n) is 7.40. The molecule has 0 saturated carbocycles. The second kappa shape index (κ2) is 9.54. The van der Waals surface area contributed by atoms with Crippen LogP contribution in [0.4, 0.5) is 0 Å². The van der Waals surface area contributed by atoms with E-state index >= 15 is 0 Å². The van der Waals surface area contributed by atoms with Gasteiger partial charge in [-0.2, -0.15) is 0 Å². The van der Waals surface area contributed by atoms with Crippen LogP contribution >= 0.6 is 22.6 Å². The fourth-order valence-corrected chi connectivity index (χ4v) is 5.91. The van der Waals surface area contributed by atoms with Crippen molar-refractivity contribution in [2.45, 2.75) is 55.9 Å². The van der Waals surface area contributed by atoms with Gasteiger partial charge in [0.25, 0.3) is 11.8 Å². The predicted molar refractivity (Wildman–Crippen MR) is 117 cm³/mol. The Bertz CT molecular complexity index is 991. The summed E-state index contributed by atoms with van der Waals surface area (Å²) in [6.45, 7) is 0. The van der Waals surface area contributed by atoms with Gasteiger partial charge in [-0.15, -0.1) is 0 Å². The molecule has 1 unspecified atom stereocenters. The van der Waals surface area contributed by atoms with Crippen LogP contribution in [-0.2, 0) is 19.4 Å². The van der Waals surface area contributed by atoms with E-state index in [1.807, 2.05) is 0 Å². The highest BCUT2D eigenvalue weighted by Crippen LogP contribution is 2.32. The summed E-state index contributed by atoms with van der Waals surface area (Å²) in [4.78, 5) is 50.0. The SMILES string of the molecule is O=C1CCC(N2C(=O)c3cccc(S(=O)(=O)CCCCCCCI)c3C2=O)C(=O)N1. The number of halogens is 1. The topological polar surface area (TPSA) is 118 Å². The lowest BCUT2D eigenvalue weighted by atomic mass is 10.0. The Morgan fingerprint density at radius 1 is 1.00 bits per heavy atom. The molecule has 4 amide bonds. The lowest BCUT2D eigenvalue weighted by Crippen LogP contribution is -2.54. The Morgan fingerprint density at radius 2 is 1.70 bits per heavy atom. The Kier molecular flexibility index (Phi) is 7.27. The summed E-state index contributed by atoms with van der Waals surface area (Å²) in [7, 11) is -3.77. The Balaban J connectivity index is 1.81. The van der Waals surface area contributed by atoms with E-state index in [1.165, 1.54) is 18.2 Å². The average Bonchev–Trinajstić information content (AvgIpc) is 2.95. The highest BCUT2D eigenvalue weighted by atomic mass is 127. The van der Waals surface area contributed by atoms with Crippen molar-refractivity contribution in [1.82, 2.24) is 10.2 Å². The van der Waals surface area contributed by atoms with Crippen LogP contribution in [0.15, 0.2) is 23.1 Å². The third-order valence-corrected chi connectivity index (χ3v) is 7.91. The van der Waals surface area contributed by atoms with E-state index in [9.17, 15) is 27.6 Å². The monoisotopic (exact) mass is 546 g/mol. The average molecular weight is 546 g/mol. The number of hydrogen-bond donors (Lipinski definition) is 1. The number of rotatable bonds is 9. The van der Waals surface area contributed by atoms with Crippen molar-refractivity contribution in [3.63, 3.8) is 0 Å². The molecule has 10 heteroatoms. The largest absolute Gasteiger partial charge is 0.295 e. The van der Waals surface area contributed by atoms with Crippen LogP contribution in [0.2, 0.25) is 0 Å². The van der Waals surface area contributed by atoms with Crippen molar-refractivity contribution < 1.29 is 27.6 Å². The summed E-state index contributed by atoms with van der Waals surface area (Å²) < 4.78 is 26.9. The van der Waals surface area contributed by atoms with Gasteiger partial charge in [0.1, 0.15) is 6.04 Å². The minimum Gasteiger partial charge on any atom is -0.295 e. The third-order valence-electron chi connectivity index (χ3n) is 5.31. The van der Waals surface area contributed by atoms with Crippen molar-refractivity contribution in [2.75, 3.05) is 10.2 Å². The number of sulfone groups is 1. The summed E-state index contributed by atoms with van der Waals surface area (Å²) in [5, 5.41) is 2.13. The number of alkyl halides is 1. The molecule has 0 radical (unpaired) electrons. The van der Waals surface area contributed by atoms with E-state index in [-0.39, 0.29) is 34.6 Å². The van der Waals surface area contributed by atoms with Crippen LogP contribution in [0.5, 0.6) is 0 Å². The van der Waals surface area contributed by atoms with Crippen LogP contribution < -0.4 is 5.32 Å². The van der Waals surface area contributed by atoms with Gasteiger partial charge < -0.3 is 0 Å². The van der Waals surface area contributed by atoms with E-state index in [0.717, 1.165) is 35.0 Å². The summed E-state index contributed by atoms with van der Waals surface area (Å²) in [6.07, 6.45) is 4.39. The fraction of sp³-hybridized carbons (Fsp3) is 0.500. The first-order valence-corrected chi connectivity index (χ1v) is 13.1. The maximum atomic E-state index is 13.0. The summed E-state index contributed by atoms with van der Waals surface area (Å²) in [5.74, 6) is -2.80. The molecule has 1 fully saturated rings. The standard InChI is InChI=1S/C20H23IN2O6S/c21-11-4-2-1-3-5-12-30(28,29)15-8-6-7-13-17(15)20(27)23(19(13)26)14-9-10-16(24)22-18(14)25/h6-8,14H,1-5,9-12H2,(H,22,24,25). The zero-order chi connectivity index (χ0) is 21.9. The van der Waals surface area contributed by atoms with Crippen molar-refractivity contribution in [3.8, 4) is 0 Å². The van der Waals surface area contributed by atoms with Crippen LogP contribution in [-0.4, -0.2) is 53.2 Å². The molecule has 1 N–H and O–H groups in total. The van der Waals surface area contributed by atoms with E-state index in [4.69, 9.17) is 0 Å². The molecule has 0 aromatic heterocycles. The molecule has 30 heavy (non-hydrogen) atoms. The number of imide groups is 2. The van der Waals surface area contributed by atoms with Gasteiger partial charge in [-0.25, -0.2) is 8.42 Å². The van der Waals surface area contributed by atoms with E-state index in [2.05, 4.69) is 27.9 Å². The van der Waals surface area contributed by atoms with Crippen LogP contribution in [0, 0.1) is 0 Å². The minimum atomic E-state index is -3.77. The molecule has 1 aromatic rings. The molecule has 3 rings (SSSR count). The van der Waals surface area contributed by atoms with Gasteiger partial charge in [0.2, 0.25) is 11.8 Å². The quantitative estimate of drug-likeness (QED) is 0.220. The van der Waals surface area contributed by atoms with E-state index < -0.39 is 39.5 Å². The minimum absolute atomic E-state index is 0.00647. The normalized spacial score (nSPS) is 19.2. The number of nitrogens with zero attached hydrogens (tertiary/aromatic N) is 1. The number of piperidine rings is 1. The number of nitrogens with one attached hydrogen (secondary N) is 1. The number of carbonyl (C=O) groups excluding carboxylic acids is 4. The first-order chi connectivity index (χ1) is 14.3. The molecule has 0 bridgehead atoms. The number of unbranched alkanes of at least 4 members (excludes halogenated alkanes) is 4. The molecule has 2 heterocycles. The number of fused-ring (bicyclic) bond motifs is 1. The highest BCUT2D eigenvalue weighted by Gasteiger charge is 2.46. The molecule has 0 spiro atoms. The Hall–Kier alpha value is -1.82. The molecule has 2 aliphatic rings. The van der Waals surface area contributed by atoms with Crippen molar-refractivity contribution >= 4 is 56.1 Å². The summed E-state index contributed by atoms with van der Waals surface area (Å²) >= 11 is 2.31. The predicted octanol–water partition coefficient (Wildman–Crippen LogP) is 2.25. The molecule has 1 saturated heterocycles. The lowest BCUT2D eigenvalue weighted by molar-refractivity contribution is -0.136. The van der Waals surface area contributed by atoms with Gasteiger partial charge >= 0.3 is 0 Å². The van der Waals surface area contributed by atoms with E-state index in [0.29, 0.717) is 6.42 Å². The third kappa shape index (κ3) is 4.58. The van der Waals surface area contributed by atoms with Crippen LogP contribution in [0.3, 0.4) is 0 Å². The van der Waals surface area contributed by atoms with Gasteiger partial charge in [-0.05, 0) is 35.8 Å². The molecule has 8 nitrogen and oxygen atoms in total. The Morgan fingerprint density at radius 3 is 2.40 bits per heavy atom. The summed E-state index contributed by atoms with van der Waals surface area (Å²) in [6, 6.07) is 3.04. The highest BCUT2D eigenvalue weighted by molar-refractivity contribution is 14.1. The maximum absolute atomic E-state index is 13.0. The number of hydrogen-bond acceptors (Lipinski definition) is 6. The van der Waals surface area contributed by atoms with Crippen molar-refractivity contribution in [3.05, 3.63) is 29.3 Å². The summed E-state index contributed by atoms with van der Waals surface area (Å²) in [5.41, 5.74) is -0.190. The van der Waals surface area contributed by atoms with Gasteiger partial charge in [0.15, 0.2) is 9.84 Å². The van der Waals surface area contributed by atoms with Crippen LogP contribution in [0.1, 0.15) is 65.7 Å². The van der Waals surface area contributed by atoms with Crippen molar-refractivity contribution in [2.24, 2.45) is 0 Å². The smallest absolute Gasteiger partial charge is 0.263 e. The first kappa shape index (κ1) is 22.9. The Labute approximate surface area is 188 Å². The van der Waals surface area contributed by atoms with Gasteiger partial charge in [-0.1, -0.05) is 47.9 Å². The fourth-order valence-electron chi connectivity index (χ4n) is 3.77. The van der Waals surface area contributed by atoms with E-state index in [1.54, 1.807) is 0 Å². The first-order valence-electron chi connectivity index (χ1n) is 9.91. The zero-order valence-corrected chi connectivity index (χ0v) is 19.3. The van der Waals surface area contributed by atoms with Crippen LogP contribution in [0.25, 0.3) is 0 Å². The molecule has 1 atom stereocenters. The van der Waals surface area contributed by atoms with Crippen molar-refractivity contribution in [1.29, 1.82) is 0 Å². The number of amides is 4. The molecule has 2 aliphatic heterocycles. The molecule has 162 valence electrons. The maximum Gasteiger partial charge on any atom is 0.263 e. The number of carbonyl (C=O) groups is 4. The molecular weight excluding hydrogens is 523 g/mol. The van der Waals surface area contributed by atoms with Gasteiger partial charge in [0, 0.05) is 6.42 Å². The second-order valence-corrected chi connectivity index (χ2v) is 10.6. The molecule has 0 aliphatic carbocycles. The lowest BCUT2D eigenvalue weighted by Gasteiger charge is -2.27. The van der Waals surface area contributed by atoms with Gasteiger partial charge in [-0.3, -0.25) is 29.4 Å². The molecular formula is C20H23IN2O6S.